The molecule has 2 spiro atoms. The van der Waals surface area contributed by atoms with E-state index < -0.39 is 16.9 Å². The van der Waals surface area contributed by atoms with Gasteiger partial charge in [-0.2, -0.15) is 0 Å². The summed E-state index contributed by atoms with van der Waals surface area (Å²) in [7, 11) is 0. The summed E-state index contributed by atoms with van der Waals surface area (Å²) in [6.07, 6.45) is 1.50. The first kappa shape index (κ1) is 24.4. The van der Waals surface area contributed by atoms with Crippen LogP contribution in [0, 0.1) is 12.8 Å². The van der Waals surface area contributed by atoms with E-state index in [1.165, 1.54) is 0 Å². The highest BCUT2D eigenvalue weighted by atomic mass is 35.5. The maximum Gasteiger partial charge on any atom is 0.251 e. The Labute approximate surface area is 231 Å². The van der Waals surface area contributed by atoms with E-state index in [0.29, 0.717) is 58.4 Å². The van der Waals surface area contributed by atoms with Crippen molar-refractivity contribution in [3.63, 3.8) is 0 Å². The van der Waals surface area contributed by atoms with Crippen molar-refractivity contribution >= 4 is 40.6 Å². The van der Waals surface area contributed by atoms with Gasteiger partial charge in [0, 0.05) is 28.0 Å². The molecule has 8 heteroatoms. The van der Waals surface area contributed by atoms with Crippen molar-refractivity contribution < 1.29 is 19.1 Å². The first-order valence-corrected chi connectivity index (χ1v) is 13.8. The van der Waals surface area contributed by atoms with Gasteiger partial charge < -0.3 is 15.4 Å². The van der Waals surface area contributed by atoms with Crippen LogP contribution in [0.15, 0.2) is 60.7 Å². The van der Waals surface area contributed by atoms with Crippen LogP contribution in [0.3, 0.4) is 0 Å². The van der Waals surface area contributed by atoms with Gasteiger partial charge in [-0.25, -0.2) is 0 Å². The number of carbonyl (C=O) groups excluding carboxylic acids is 3. The summed E-state index contributed by atoms with van der Waals surface area (Å²) in [6.45, 7) is 4.75. The zero-order valence-corrected chi connectivity index (χ0v) is 22.5. The lowest BCUT2D eigenvalue weighted by atomic mass is 9.57. The van der Waals surface area contributed by atoms with Crippen molar-refractivity contribution in [1.82, 2.24) is 4.90 Å². The van der Waals surface area contributed by atoms with E-state index >= 15 is 0 Å². The molecule has 0 bridgehead atoms. The number of hydrogen-bond donors (Lipinski definition) is 2. The van der Waals surface area contributed by atoms with Gasteiger partial charge in [0.05, 0.1) is 18.1 Å². The predicted octanol–water partition coefficient (Wildman–Crippen LogP) is 5.06. The van der Waals surface area contributed by atoms with Crippen LogP contribution in [-0.2, 0) is 20.5 Å². The first-order valence-electron chi connectivity index (χ1n) is 13.4. The molecule has 4 aliphatic heterocycles. The summed E-state index contributed by atoms with van der Waals surface area (Å²) in [4.78, 5) is 46.1. The van der Waals surface area contributed by atoms with Crippen LogP contribution < -0.4 is 15.4 Å². The first-order chi connectivity index (χ1) is 18.9. The highest BCUT2D eigenvalue weighted by Gasteiger charge is 2.81. The minimum atomic E-state index is -1.52. The molecule has 0 radical (unpaired) electrons. The summed E-state index contributed by atoms with van der Waals surface area (Å²) in [5.41, 5.74) is 0.881. The smallest absolute Gasteiger partial charge is 0.251 e. The normalized spacial score (nSPS) is 28.4. The quantitative estimate of drug-likeness (QED) is 0.451. The van der Waals surface area contributed by atoms with Gasteiger partial charge >= 0.3 is 0 Å². The van der Waals surface area contributed by atoms with E-state index in [2.05, 4.69) is 15.5 Å². The number of hydrogen-bond acceptors (Lipinski definition) is 5. The topological polar surface area (TPSA) is 87.7 Å². The second kappa shape index (κ2) is 8.41. The second-order valence-electron chi connectivity index (χ2n) is 10.8. The van der Waals surface area contributed by atoms with Crippen molar-refractivity contribution in [1.29, 1.82) is 0 Å². The summed E-state index contributed by atoms with van der Waals surface area (Å²) in [6, 6.07) is 17.9. The van der Waals surface area contributed by atoms with Crippen LogP contribution in [0.5, 0.6) is 5.75 Å². The highest BCUT2D eigenvalue weighted by molar-refractivity contribution is 6.31. The van der Waals surface area contributed by atoms with Gasteiger partial charge in [0.25, 0.3) is 5.91 Å². The van der Waals surface area contributed by atoms with Crippen LogP contribution >= 0.6 is 11.6 Å². The van der Waals surface area contributed by atoms with Gasteiger partial charge in [-0.05, 0) is 74.7 Å². The fourth-order valence-electron chi connectivity index (χ4n) is 7.93. The van der Waals surface area contributed by atoms with E-state index in [4.69, 9.17) is 16.3 Å². The number of carbonyl (C=O) groups is 3. The predicted molar refractivity (Wildman–Crippen MR) is 148 cm³/mol. The summed E-state index contributed by atoms with van der Waals surface area (Å²) in [5, 5.41) is 6.66. The number of nitrogens with one attached hydrogen (secondary N) is 2. The number of amides is 2. The van der Waals surface area contributed by atoms with Crippen LogP contribution in [0.25, 0.3) is 0 Å². The van der Waals surface area contributed by atoms with Gasteiger partial charge in [0.15, 0.2) is 5.78 Å². The molecule has 0 unspecified atom stereocenters. The van der Waals surface area contributed by atoms with Gasteiger partial charge in [-0.15, -0.1) is 0 Å². The number of nitrogens with zero attached hydrogens (tertiary/aromatic N) is 1. The molecule has 4 atom stereocenters. The number of fused-ring (bicyclic) bond motifs is 7. The Morgan fingerprint density at radius 2 is 1.82 bits per heavy atom. The SMILES string of the molecule is CCOc1ccccc1C(=O)[C@@H]1[C@@H]2CCCN2[C@@]2(C(=O)Nc3c(C)cc(Cl)cc32)[C@@]12C(=O)Nc1ccccc12. The Bertz CT molecular complexity index is 1590. The summed E-state index contributed by atoms with van der Waals surface area (Å²) >= 11 is 6.62. The molecule has 7 nitrogen and oxygen atoms in total. The van der Waals surface area contributed by atoms with E-state index in [9.17, 15) is 14.4 Å². The fourth-order valence-corrected chi connectivity index (χ4v) is 8.20. The maximum atomic E-state index is 14.8. The minimum absolute atomic E-state index is 0.195. The molecule has 3 aromatic rings. The molecule has 4 heterocycles. The Morgan fingerprint density at radius 3 is 2.64 bits per heavy atom. The largest absolute Gasteiger partial charge is 0.493 e. The molecule has 7 rings (SSSR count). The molecule has 0 saturated carbocycles. The number of halogens is 1. The lowest BCUT2D eigenvalue weighted by Crippen LogP contribution is -2.62. The molecule has 198 valence electrons. The Balaban J connectivity index is 1.59. The number of ketones is 1. The van der Waals surface area contributed by atoms with Gasteiger partial charge in [0.1, 0.15) is 16.7 Å². The zero-order chi connectivity index (χ0) is 27.1. The van der Waals surface area contributed by atoms with E-state index in [0.717, 1.165) is 12.0 Å². The third-order valence-corrected chi connectivity index (χ3v) is 9.32. The average molecular weight is 542 g/mol. The monoisotopic (exact) mass is 541 g/mol. The van der Waals surface area contributed by atoms with Crippen molar-refractivity contribution in [2.75, 3.05) is 23.8 Å². The number of aryl methyl sites for hydroxylation is 1. The van der Waals surface area contributed by atoms with Crippen LogP contribution in [0.1, 0.15) is 46.8 Å². The number of ether oxygens (including phenoxy) is 1. The van der Waals surface area contributed by atoms with E-state index in [1.807, 2.05) is 56.3 Å². The third-order valence-electron chi connectivity index (χ3n) is 9.10. The number of rotatable bonds is 4. The number of benzene rings is 3. The molecule has 2 fully saturated rings. The highest BCUT2D eigenvalue weighted by Crippen LogP contribution is 2.68. The molecule has 0 aromatic heterocycles. The molecule has 0 aliphatic carbocycles. The Kier molecular flexibility index (Phi) is 5.25. The van der Waals surface area contributed by atoms with Crippen LogP contribution in [-0.4, -0.2) is 41.7 Å². The fraction of sp³-hybridized carbons (Fsp3) is 0.323. The third kappa shape index (κ3) is 2.84. The second-order valence-corrected chi connectivity index (χ2v) is 11.2. The number of Topliss-reactive ketones (excluding diaryl/α,β-unsaturated/α-hetero) is 1. The molecule has 4 aliphatic rings. The van der Waals surface area contributed by atoms with Gasteiger partial charge in [-0.1, -0.05) is 41.9 Å². The van der Waals surface area contributed by atoms with E-state index in [-0.39, 0.29) is 23.6 Å². The van der Waals surface area contributed by atoms with Crippen molar-refractivity contribution in [3.05, 3.63) is 87.9 Å². The maximum absolute atomic E-state index is 14.8. The van der Waals surface area contributed by atoms with Crippen molar-refractivity contribution in [2.45, 2.75) is 43.7 Å². The molecular weight excluding hydrogens is 514 g/mol. The minimum Gasteiger partial charge on any atom is -0.493 e. The Hall–Kier alpha value is -3.68. The molecule has 3 aromatic carbocycles. The standard InChI is InChI=1S/C31H28ClN3O4/c1-3-39-24-13-7-4-9-19(24)27(36)25-23-12-8-14-35(23)31(21-16-18(32)15-17(2)26(21)34-29(31)38)30(25)20-10-5-6-11-22(20)33-28(30)37/h4-7,9-11,13,15-16,23,25H,3,8,12,14H2,1-2H3,(H,33,37)(H,34,38)/t23-,25-,30+,31-/m0/s1. The summed E-state index contributed by atoms with van der Waals surface area (Å²) < 4.78 is 5.87. The lowest BCUT2D eigenvalue weighted by molar-refractivity contribution is -0.137. The molecule has 2 amide bonds. The lowest BCUT2D eigenvalue weighted by Gasteiger charge is -2.43. The van der Waals surface area contributed by atoms with Gasteiger partial charge in [0.2, 0.25) is 5.91 Å². The summed E-state index contributed by atoms with van der Waals surface area (Å²) in [5.74, 6) is -1.19. The van der Waals surface area contributed by atoms with Gasteiger partial charge in [-0.3, -0.25) is 19.3 Å². The molecule has 39 heavy (non-hydrogen) atoms. The number of anilines is 2. The van der Waals surface area contributed by atoms with Crippen LogP contribution in [0.2, 0.25) is 5.02 Å². The molecular formula is C31H28ClN3O4. The molecule has 2 N–H and O–H groups in total. The number of para-hydroxylation sites is 2. The van der Waals surface area contributed by atoms with E-state index in [1.54, 1.807) is 18.2 Å². The van der Waals surface area contributed by atoms with Crippen molar-refractivity contribution in [2.24, 2.45) is 5.92 Å². The van der Waals surface area contributed by atoms with Crippen LogP contribution in [0.4, 0.5) is 11.4 Å². The Morgan fingerprint density at radius 1 is 1.05 bits per heavy atom. The zero-order valence-electron chi connectivity index (χ0n) is 21.7. The average Bonchev–Trinajstić information content (AvgIpc) is 3.64. The molecule has 2 saturated heterocycles. The van der Waals surface area contributed by atoms with Crippen molar-refractivity contribution in [3.8, 4) is 5.75 Å².